The maximum absolute atomic E-state index is 12.0. The summed E-state index contributed by atoms with van der Waals surface area (Å²) < 4.78 is 6.42. The van der Waals surface area contributed by atoms with Crippen molar-refractivity contribution in [2.75, 3.05) is 7.05 Å². The molecule has 0 saturated carbocycles. The summed E-state index contributed by atoms with van der Waals surface area (Å²) in [5.74, 6) is 0.633. The SMILES string of the molecule is Cc1cc(CN(C)C(=O)Cn2cc(CN)nn2)no1. The Kier molecular flexibility index (Phi) is 3.91. The van der Waals surface area contributed by atoms with Crippen LogP contribution in [0.3, 0.4) is 0 Å². The maximum atomic E-state index is 12.0. The van der Waals surface area contributed by atoms with Crippen LogP contribution in [0, 0.1) is 6.92 Å². The molecule has 0 radical (unpaired) electrons. The Hall–Kier alpha value is -2.22. The summed E-state index contributed by atoms with van der Waals surface area (Å²) >= 11 is 0. The molecule has 0 atom stereocenters. The molecule has 8 nitrogen and oxygen atoms in total. The van der Waals surface area contributed by atoms with Gasteiger partial charge in [-0.15, -0.1) is 5.10 Å². The van der Waals surface area contributed by atoms with E-state index in [2.05, 4.69) is 15.5 Å². The number of nitrogens with two attached hydrogens (primary N) is 1. The van der Waals surface area contributed by atoms with Gasteiger partial charge in [0.05, 0.1) is 18.4 Å². The van der Waals surface area contributed by atoms with E-state index >= 15 is 0 Å². The second-order valence-electron chi connectivity index (χ2n) is 4.29. The number of hydrogen-bond donors (Lipinski definition) is 1. The van der Waals surface area contributed by atoms with Gasteiger partial charge in [-0.05, 0) is 6.92 Å². The quantitative estimate of drug-likeness (QED) is 0.794. The second kappa shape index (κ2) is 5.61. The molecule has 8 heteroatoms. The molecule has 2 heterocycles. The van der Waals surface area contributed by atoms with Gasteiger partial charge in [-0.2, -0.15) is 0 Å². The van der Waals surface area contributed by atoms with Crippen LogP contribution >= 0.6 is 0 Å². The van der Waals surface area contributed by atoms with Crippen molar-refractivity contribution >= 4 is 5.91 Å². The van der Waals surface area contributed by atoms with E-state index in [1.807, 2.05) is 6.92 Å². The third kappa shape index (κ3) is 3.38. The number of carbonyl (C=O) groups is 1. The third-order valence-corrected chi connectivity index (χ3v) is 2.59. The third-order valence-electron chi connectivity index (χ3n) is 2.59. The Bertz CT molecular complexity index is 561. The zero-order chi connectivity index (χ0) is 13.8. The molecule has 0 aromatic carbocycles. The summed E-state index contributed by atoms with van der Waals surface area (Å²) in [7, 11) is 1.70. The highest BCUT2D eigenvalue weighted by molar-refractivity contribution is 5.75. The van der Waals surface area contributed by atoms with Gasteiger partial charge in [-0.1, -0.05) is 10.4 Å². The average Bonchev–Trinajstić information content (AvgIpc) is 2.98. The van der Waals surface area contributed by atoms with E-state index in [1.165, 1.54) is 4.68 Å². The minimum atomic E-state index is -0.0888. The van der Waals surface area contributed by atoms with Crippen molar-refractivity contribution in [1.82, 2.24) is 25.1 Å². The number of carbonyl (C=O) groups excluding carboxylic acids is 1. The predicted octanol–water partition coefficient (Wildman–Crippen LogP) is -0.308. The van der Waals surface area contributed by atoms with Crippen LogP contribution in [0.5, 0.6) is 0 Å². The number of amides is 1. The highest BCUT2D eigenvalue weighted by Gasteiger charge is 2.13. The average molecular weight is 264 g/mol. The lowest BCUT2D eigenvalue weighted by atomic mass is 10.3. The van der Waals surface area contributed by atoms with E-state index < -0.39 is 0 Å². The van der Waals surface area contributed by atoms with Crippen molar-refractivity contribution in [1.29, 1.82) is 0 Å². The number of aryl methyl sites for hydroxylation is 1. The van der Waals surface area contributed by atoms with Gasteiger partial charge in [0.15, 0.2) is 0 Å². The first-order valence-corrected chi connectivity index (χ1v) is 5.83. The number of hydrogen-bond acceptors (Lipinski definition) is 6. The molecule has 19 heavy (non-hydrogen) atoms. The largest absolute Gasteiger partial charge is 0.361 e. The van der Waals surface area contributed by atoms with Crippen molar-refractivity contribution in [2.24, 2.45) is 5.73 Å². The van der Waals surface area contributed by atoms with Crippen LogP contribution in [0.2, 0.25) is 0 Å². The van der Waals surface area contributed by atoms with Crippen LogP contribution in [0.25, 0.3) is 0 Å². The molecule has 102 valence electrons. The van der Waals surface area contributed by atoms with Gasteiger partial charge in [0.25, 0.3) is 0 Å². The molecule has 1 amide bonds. The highest BCUT2D eigenvalue weighted by Crippen LogP contribution is 2.05. The van der Waals surface area contributed by atoms with E-state index in [4.69, 9.17) is 10.3 Å². The van der Waals surface area contributed by atoms with Crippen LogP contribution in [-0.4, -0.2) is 38.0 Å². The summed E-state index contributed by atoms with van der Waals surface area (Å²) in [6.45, 7) is 2.64. The van der Waals surface area contributed by atoms with Crippen molar-refractivity contribution in [3.05, 3.63) is 29.4 Å². The molecule has 0 aliphatic rings. The molecule has 0 aliphatic carbocycles. The zero-order valence-corrected chi connectivity index (χ0v) is 10.9. The molecule has 2 aromatic rings. The fraction of sp³-hybridized carbons (Fsp3) is 0.455. The van der Waals surface area contributed by atoms with Crippen LogP contribution in [0.4, 0.5) is 0 Å². The molecular weight excluding hydrogens is 248 g/mol. The zero-order valence-electron chi connectivity index (χ0n) is 10.9. The van der Waals surface area contributed by atoms with Crippen LogP contribution < -0.4 is 5.73 Å². The van der Waals surface area contributed by atoms with E-state index in [-0.39, 0.29) is 12.5 Å². The lowest BCUT2D eigenvalue weighted by molar-refractivity contribution is -0.131. The van der Waals surface area contributed by atoms with Crippen LogP contribution in [0.15, 0.2) is 16.8 Å². The maximum Gasteiger partial charge on any atom is 0.244 e. The molecule has 0 spiro atoms. The second-order valence-corrected chi connectivity index (χ2v) is 4.29. The van der Waals surface area contributed by atoms with Gasteiger partial charge in [0.2, 0.25) is 5.91 Å². The Balaban J connectivity index is 1.91. The molecule has 0 aliphatic heterocycles. The molecule has 0 fully saturated rings. The number of likely N-dealkylation sites (N-methyl/N-ethyl adjacent to an activating group) is 1. The number of rotatable bonds is 5. The molecule has 0 bridgehead atoms. The standard InChI is InChI=1S/C11H16N6O2/c1-8-3-9(14-19-8)5-16(2)11(18)7-17-6-10(4-12)13-15-17/h3,6H,4-5,7,12H2,1-2H3. The van der Waals surface area contributed by atoms with Crippen molar-refractivity contribution in [3.63, 3.8) is 0 Å². The predicted molar refractivity (Wildman–Crippen MR) is 65.6 cm³/mol. The van der Waals surface area contributed by atoms with E-state index in [0.717, 1.165) is 11.5 Å². The fourth-order valence-corrected chi connectivity index (χ4v) is 1.59. The minimum Gasteiger partial charge on any atom is -0.361 e. The fourth-order valence-electron chi connectivity index (χ4n) is 1.59. The normalized spacial score (nSPS) is 10.7. The number of aromatic nitrogens is 4. The highest BCUT2D eigenvalue weighted by atomic mass is 16.5. The van der Waals surface area contributed by atoms with E-state index in [0.29, 0.717) is 18.8 Å². The van der Waals surface area contributed by atoms with Crippen molar-refractivity contribution in [2.45, 2.75) is 26.6 Å². The summed E-state index contributed by atoms with van der Waals surface area (Å²) in [6, 6.07) is 1.80. The topological polar surface area (TPSA) is 103 Å². The van der Waals surface area contributed by atoms with E-state index in [1.54, 1.807) is 24.2 Å². The van der Waals surface area contributed by atoms with E-state index in [9.17, 15) is 4.79 Å². The molecule has 2 rings (SSSR count). The molecule has 0 saturated heterocycles. The molecule has 2 N–H and O–H groups in total. The van der Waals surface area contributed by atoms with Gasteiger partial charge < -0.3 is 15.2 Å². The Morgan fingerprint density at radius 3 is 2.89 bits per heavy atom. The van der Waals surface area contributed by atoms with Gasteiger partial charge in [-0.3, -0.25) is 4.79 Å². The lowest BCUT2D eigenvalue weighted by Gasteiger charge is -2.14. The van der Waals surface area contributed by atoms with Crippen LogP contribution in [0.1, 0.15) is 17.1 Å². The monoisotopic (exact) mass is 264 g/mol. The van der Waals surface area contributed by atoms with Gasteiger partial charge in [0, 0.05) is 19.7 Å². The van der Waals surface area contributed by atoms with Crippen molar-refractivity contribution < 1.29 is 9.32 Å². The smallest absolute Gasteiger partial charge is 0.244 e. The first-order valence-electron chi connectivity index (χ1n) is 5.83. The van der Waals surface area contributed by atoms with Crippen LogP contribution in [-0.2, 0) is 24.4 Å². The molecule has 0 unspecified atom stereocenters. The van der Waals surface area contributed by atoms with Gasteiger partial charge in [-0.25, -0.2) is 4.68 Å². The summed E-state index contributed by atoms with van der Waals surface area (Å²) in [5, 5.41) is 11.5. The Labute approximate surface area is 110 Å². The Morgan fingerprint density at radius 1 is 1.53 bits per heavy atom. The molecular formula is C11H16N6O2. The van der Waals surface area contributed by atoms with Gasteiger partial charge >= 0.3 is 0 Å². The first kappa shape index (κ1) is 13.2. The Morgan fingerprint density at radius 2 is 2.32 bits per heavy atom. The van der Waals surface area contributed by atoms with Gasteiger partial charge in [0.1, 0.15) is 18.0 Å². The first-order chi connectivity index (χ1) is 9.08. The summed E-state index contributed by atoms with van der Waals surface area (Å²) in [6.07, 6.45) is 1.66. The minimum absolute atomic E-state index is 0.0888. The number of nitrogens with zero attached hydrogens (tertiary/aromatic N) is 5. The van der Waals surface area contributed by atoms with Crippen molar-refractivity contribution in [3.8, 4) is 0 Å². The lowest BCUT2D eigenvalue weighted by Crippen LogP contribution is -2.30. The molecule has 2 aromatic heterocycles. The summed E-state index contributed by atoms with van der Waals surface area (Å²) in [4.78, 5) is 13.5. The summed E-state index contributed by atoms with van der Waals surface area (Å²) in [5.41, 5.74) is 6.80.